The molecule has 0 atom stereocenters. The minimum atomic E-state index is -0.923. The number of unbranched alkanes of at least 4 members (excludes halogenated alkanes) is 12. The van der Waals surface area contributed by atoms with Crippen molar-refractivity contribution in [1.29, 1.82) is 0 Å². The minimum absolute atomic E-state index is 0. The van der Waals surface area contributed by atoms with Crippen LogP contribution < -0.4 is 34.7 Å². The molecule has 0 N–H and O–H groups in total. The van der Waals surface area contributed by atoms with Crippen molar-refractivity contribution in [2.75, 3.05) is 0 Å². The van der Waals surface area contributed by atoms with Crippen LogP contribution in [-0.4, -0.2) is 12.3 Å². The van der Waals surface area contributed by atoms with Crippen molar-refractivity contribution in [2.45, 2.75) is 89.9 Å². The molecule has 20 heavy (non-hydrogen) atoms. The maximum absolute atomic E-state index is 10.2. The van der Waals surface area contributed by atoms with Crippen LogP contribution in [0.5, 0.6) is 0 Å². The first-order valence-corrected chi connectivity index (χ1v) is 7.91. The average Bonchev–Trinajstić information content (AvgIpc) is 2.39. The third-order valence-corrected chi connectivity index (χ3v) is 3.45. The molecule has 0 saturated heterocycles. The maximum atomic E-state index is 10.2. The van der Waals surface area contributed by atoms with Gasteiger partial charge in [0.05, 0.1) is 0 Å². The van der Waals surface area contributed by atoms with E-state index in [9.17, 15) is 14.7 Å². The monoisotopic (exact) mass is 292 g/mol. The van der Waals surface area contributed by atoms with E-state index in [1.54, 1.807) is 0 Å². The molecule has 0 unspecified atom stereocenters. The van der Waals surface area contributed by atoms with Crippen molar-refractivity contribution >= 4 is 12.3 Å². The normalized spacial score (nSPS) is 10.0. The second-order valence-electron chi connectivity index (χ2n) is 5.32. The van der Waals surface area contributed by atoms with Gasteiger partial charge in [0.25, 0.3) is 0 Å². The molecule has 112 valence electrons. The predicted molar refractivity (Wildman–Crippen MR) is 75.7 cm³/mol. The summed E-state index contributed by atoms with van der Waals surface area (Å²) in [7, 11) is 0. The number of carboxylic acids is 1. The molecule has 4 heteroatoms. The molecule has 0 amide bonds. The van der Waals surface area contributed by atoms with Crippen LogP contribution >= 0.6 is 0 Å². The molecule has 0 bridgehead atoms. The van der Waals surface area contributed by atoms with E-state index in [1.165, 1.54) is 51.4 Å². The molecule has 0 aliphatic rings. The third-order valence-electron chi connectivity index (χ3n) is 3.45. The summed E-state index contributed by atoms with van der Waals surface area (Å²) in [6.07, 6.45) is 16.1. The van der Waals surface area contributed by atoms with Gasteiger partial charge >= 0.3 is 29.6 Å². The summed E-state index contributed by atoms with van der Waals surface area (Å²) in [5.41, 5.74) is 0. The van der Waals surface area contributed by atoms with Crippen LogP contribution in [0.15, 0.2) is 0 Å². The van der Waals surface area contributed by atoms with E-state index < -0.39 is 5.97 Å². The van der Waals surface area contributed by atoms with Crippen LogP contribution in [0.25, 0.3) is 0 Å². The van der Waals surface area contributed by atoms with Gasteiger partial charge < -0.3 is 14.7 Å². The van der Waals surface area contributed by atoms with Gasteiger partial charge in [-0.15, -0.1) is 0 Å². The van der Waals surface area contributed by atoms with Crippen molar-refractivity contribution in [3.8, 4) is 0 Å². The Labute approximate surface area is 146 Å². The van der Waals surface area contributed by atoms with Crippen molar-refractivity contribution in [1.82, 2.24) is 0 Å². The molecule has 0 fully saturated rings. The maximum Gasteiger partial charge on any atom is 1.00 e. The number of carbonyl (C=O) groups is 2. The van der Waals surface area contributed by atoms with E-state index in [0.29, 0.717) is 0 Å². The van der Waals surface area contributed by atoms with Gasteiger partial charge in [-0.1, -0.05) is 64.2 Å². The summed E-state index contributed by atoms with van der Waals surface area (Å²) in [6.45, 7) is 0. The van der Waals surface area contributed by atoms with Crippen LogP contribution in [0.3, 0.4) is 0 Å². The Morgan fingerprint density at radius 2 is 1.05 bits per heavy atom. The minimum Gasteiger partial charge on any atom is -0.550 e. The number of hydrogen-bond donors (Lipinski definition) is 0. The van der Waals surface area contributed by atoms with Gasteiger partial charge in [-0.25, -0.2) is 0 Å². The molecule has 0 heterocycles. The summed E-state index contributed by atoms with van der Waals surface area (Å²) in [4.78, 5) is 20.3. The molecule has 0 spiro atoms. The Bertz CT molecular complexity index is 220. The fourth-order valence-corrected chi connectivity index (χ4v) is 2.26. The number of aliphatic carboxylic acids is 1. The molecule has 0 aromatic carbocycles. The number of aldehydes is 1. The number of rotatable bonds is 15. The van der Waals surface area contributed by atoms with Gasteiger partial charge in [0, 0.05) is 12.4 Å². The Morgan fingerprint density at radius 3 is 1.40 bits per heavy atom. The SMILES string of the molecule is O=CCCCCCCCCCCCCCCC(=O)[O-].[Na+]. The smallest absolute Gasteiger partial charge is 0.550 e. The van der Waals surface area contributed by atoms with Gasteiger partial charge in [0.2, 0.25) is 0 Å². The van der Waals surface area contributed by atoms with Gasteiger partial charge in [-0.2, -0.15) is 0 Å². The largest absolute Gasteiger partial charge is 1.00 e. The summed E-state index contributed by atoms with van der Waals surface area (Å²) in [5, 5.41) is 10.2. The zero-order chi connectivity index (χ0) is 14.2. The standard InChI is InChI=1S/C16H30O3.Na/c17-15-13-11-9-7-5-3-1-2-4-6-8-10-12-14-16(18)19;/h15H,1-14H2,(H,18,19);/q;+1/p-1. The van der Waals surface area contributed by atoms with Gasteiger partial charge in [0.1, 0.15) is 6.29 Å². The van der Waals surface area contributed by atoms with E-state index in [0.717, 1.165) is 38.4 Å². The van der Waals surface area contributed by atoms with E-state index >= 15 is 0 Å². The fraction of sp³-hybridized carbons (Fsp3) is 0.875. The molecule has 3 nitrogen and oxygen atoms in total. The molecular formula is C16H29NaO3. The predicted octanol–water partition coefficient (Wildman–Crippen LogP) is 0.401. The molecule has 0 aromatic rings. The van der Waals surface area contributed by atoms with E-state index in [-0.39, 0.29) is 36.0 Å². The Hall–Kier alpha value is 0.140. The second-order valence-corrected chi connectivity index (χ2v) is 5.32. The molecule has 0 radical (unpaired) electrons. The topological polar surface area (TPSA) is 57.2 Å². The first kappa shape index (κ1) is 22.4. The van der Waals surface area contributed by atoms with E-state index in [1.807, 2.05) is 0 Å². The first-order chi connectivity index (χ1) is 9.27. The summed E-state index contributed by atoms with van der Waals surface area (Å²) in [5.74, 6) is -0.923. The van der Waals surface area contributed by atoms with Crippen LogP contribution in [0.2, 0.25) is 0 Å². The van der Waals surface area contributed by atoms with Gasteiger partial charge in [-0.3, -0.25) is 0 Å². The van der Waals surface area contributed by atoms with Crippen molar-refractivity contribution in [3.05, 3.63) is 0 Å². The molecule has 0 rings (SSSR count). The quantitative estimate of drug-likeness (QED) is 0.249. The van der Waals surface area contributed by atoms with Crippen LogP contribution in [0.4, 0.5) is 0 Å². The fourth-order valence-electron chi connectivity index (χ4n) is 2.26. The molecule has 0 saturated carbocycles. The Kier molecular flexibility index (Phi) is 21.5. The van der Waals surface area contributed by atoms with Gasteiger partial charge in [0.15, 0.2) is 0 Å². The van der Waals surface area contributed by atoms with E-state index in [2.05, 4.69) is 0 Å². The molecule has 0 aliphatic heterocycles. The van der Waals surface area contributed by atoms with Crippen molar-refractivity contribution in [3.63, 3.8) is 0 Å². The summed E-state index contributed by atoms with van der Waals surface area (Å²) >= 11 is 0. The zero-order valence-electron chi connectivity index (χ0n) is 13.2. The van der Waals surface area contributed by atoms with Crippen molar-refractivity contribution < 1.29 is 44.3 Å². The van der Waals surface area contributed by atoms with Crippen LogP contribution in [0, 0.1) is 0 Å². The molecule has 0 aromatic heterocycles. The van der Waals surface area contributed by atoms with Crippen LogP contribution in [-0.2, 0) is 9.59 Å². The Morgan fingerprint density at radius 1 is 0.700 bits per heavy atom. The van der Waals surface area contributed by atoms with Crippen molar-refractivity contribution in [2.24, 2.45) is 0 Å². The molecular weight excluding hydrogens is 263 g/mol. The van der Waals surface area contributed by atoms with Gasteiger partial charge in [-0.05, 0) is 19.3 Å². The van der Waals surface area contributed by atoms with E-state index in [4.69, 9.17) is 0 Å². The summed E-state index contributed by atoms with van der Waals surface area (Å²) in [6, 6.07) is 0. The first-order valence-electron chi connectivity index (χ1n) is 7.91. The summed E-state index contributed by atoms with van der Waals surface area (Å²) < 4.78 is 0. The number of carboxylic acid groups (broad SMARTS) is 1. The number of carbonyl (C=O) groups excluding carboxylic acids is 2. The number of hydrogen-bond acceptors (Lipinski definition) is 3. The van der Waals surface area contributed by atoms with Crippen LogP contribution in [0.1, 0.15) is 89.9 Å². The molecule has 0 aliphatic carbocycles. The average molecular weight is 292 g/mol. The third kappa shape index (κ3) is 20.5. The Balaban J connectivity index is 0. The zero-order valence-corrected chi connectivity index (χ0v) is 15.2. The second kappa shape index (κ2) is 19.1.